The summed E-state index contributed by atoms with van der Waals surface area (Å²) < 4.78 is 38.6. The lowest BCUT2D eigenvalue weighted by Crippen LogP contribution is -2.50. The average molecular weight is 864 g/mol. The minimum atomic E-state index is -1.20. The lowest BCUT2D eigenvalue weighted by molar-refractivity contribution is -0.143. The van der Waals surface area contributed by atoms with Gasteiger partial charge in [0.2, 0.25) is 5.91 Å². The van der Waals surface area contributed by atoms with E-state index in [1.54, 1.807) is 52.0 Å². The van der Waals surface area contributed by atoms with E-state index in [0.717, 1.165) is 25.3 Å². The van der Waals surface area contributed by atoms with Crippen molar-refractivity contribution in [3.63, 3.8) is 0 Å². The molecule has 0 radical (unpaired) electrons. The van der Waals surface area contributed by atoms with E-state index in [0.29, 0.717) is 33.8 Å². The van der Waals surface area contributed by atoms with Gasteiger partial charge in [0, 0.05) is 26.8 Å². The summed E-state index contributed by atoms with van der Waals surface area (Å²) in [7, 11) is 4.64. The van der Waals surface area contributed by atoms with E-state index >= 15 is 0 Å². The average Bonchev–Trinajstić information content (AvgIpc) is 3.21. The van der Waals surface area contributed by atoms with Gasteiger partial charge in [-0.2, -0.15) is 0 Å². The lowest BCUT2D eigenvalue weighted by atomic mass is 10.1. The molecule has 0 heterocycles. The molecule has 0 fully saturated rings. The summed E-state index contributed by atoms with van der Waals surface area (Å²) in [6.45, 7) is 8.98. The van der Waals surface area contributed by atoms with Gasteiger partial charge >= 0.3 is 48.3 Å². The van der Waals surface area contributed by atoms with Crippen LogP contribution in [0, 0.1) is 27.7 Å². The molecule has 5 N–H and O–H groups in total. The van der Waals surface area contributed by atoms with Crippen LogP contribution in [0.1, 0.15) is 53.6 Å². The molecule has 22 heteroatoms. The lowest BCUT2D eigenvalue weighted by Gasteiger charge is -2.19. The van der Waals surface area contributed by atoms with Crippen molar-refractivity contribution in [2.45, 2.75) is 73.3 Å². The molecule has 2 rings (SSSR count). The number of methoxy groups -OCH3 is 4. The molecule has 2 aromatic rings. The number of carbonyl (C=O) groups excluding carboxylic acids is 9. The van der Waals surface area contributed by atoms with E-state index in [-0.39, 0.29) is 32.7 Å². The summed E-state index contributed by atoms with van der Waals surface area (Å²) in [5.74, 6) is -2.24. The highest BCUT2D eigenvalue weighted by molar-refractivity contribution is 5.85. The van der Waals surface area contributed by atoms with E-state index in [1.165, 1.54) is 28.1 Å². The highest BCUT2D eigenvalue weighted by atomic mass is 16.6. The van der Waals surface area contributed by atoms with Crippen molar-refractivity contribution in [1.82, 2.24) is 26.6 Å². The van der Waals surface area contributed by atoms with E-state index in [4.69, 9.17) is 18.9 Å². The standard InChI is InChI=1S/C21H29N3O9.C18H24N2O8/c1-12-6-15(11-32-14(3)25)7-13(2)19(12)33-18(27)10-22-17(26)8-16(24-21(29)31-5)9-23-20(28)30-4;1-10-6-13(9-27-12(3)21)7-11(2)15(10)28-16(22)14(20-18(24)26-5)8-19-17(23)25-4/h6-7,16H,8-11H2,1-5H3,(H,22,26)(H,23,28)(H,24,29);6-7,14H,8-9H2,1-5H3,(H,19,23)(H,20,24). The number of alkyl carbamates (subject to hydrolysis) is 4. The molecule has 5 amide bonds. The Hall–Kier alpha value is -7.13. The van der Waals surface area contributed by atoms with Gasteiger partial charge in [-0.3, -0.25) is 14.4 Å². The van der Waals surface area contributed by atoms with Crippen LogP contribution in [0.2, 0.25) is 0 Å². The van der Waals surface area contributed by atoms with Crippen molar-refractivity contribution >= 4 is 54.2 Å². The Morgan fingerprint density at radius 2 is 0.951 bits per heavy atom. The van der Waals surface area contributed by atoms with E-state index in [2.05, 4.69) is 45.5 Å². The van der Waals surface area contributed by atoms with Gasteiger partial charge in [-0.25, -0.2) is 28.8 Å². The Labute approximate surface area is 351 Å². The molecule has 2 aromatic carbocycles. The maximum Gasteiger partial charge on any atom is 0.407 e. The quantitative estimate of drug-likeness (QED) is 0.0865. The number of aryl methyl sites for hydroxylation is 4. The summed E-state index contributed by atoms with van der Waals surface area (Å²) >= 11 is 0. The van der Waals surface area contributed by atoms with Crippen molar-refractivity contribution in [3.05, 3.63) is 57.6 Å². The number of esters is 4. The predicted octanol–water partition coefficient (Wildman–Crippen LogP) is 2.21. The molecule has 0 bridgehead atoms. The van der Waals surface area contributed by atoms with Crippen LogP contribution < -0.4 is 36.1 Å². The fourth-order valence-electron chi connectivity index (χ4n) is 5.06. The van der Waals surface area contributed by atoms with Gasteiger partial charge in [0.25, 0.3) is 0 Å². The van der Waals surface area contributed by atoms with Crippen molar-refractivity contribution in [2.24, 2.45) is 0 Å². The number of hydrogen-bond donors (Lipinski definition) is 5. The predicted molar refractivity (Wildman–Crippen MR) is 211 cm³/mol. The second-order valence-corrected chi connectivity index (χ2v) is 12.8. The maximum absolute atomic E-state index is 12.5. The smallest absolute Gasteiger partial charge is 0.407 e. The zero-order valence-electron chi connectivity index (χ0n) is 35.6. The molecule has 61 heavy (non-hydrogen) atoms. The van der Waals surface area contributed by atoms with Crippen molar-refractivity contribution < 1.29 is 81.0 Å². The molecule has 22 nitrogen and oxygen atoms in total. The Morgan fingerprint density at radius 1 is 0.541 bits per heavy atom. The summed E-state index contributed by atoms with van der Waals surface area (Å²) in [5, 5.41) is 11.8. The van der Waals surface area contributed by atoms with E-state index in [1.807, 2.05) is 0 Å². The minimum Gasteiger partial charge on any atom is -0.461 e. The van der Waals surface area contributed by atoms with Gasteiger partial charge in [0.05, 0.1) is 41.0 Å². The number of ether oxygens (including phenoxy) is 8. The fourth-order valence-corrected chi connectivity index (χ4v) is 5.06. The fraction of sp³-hybridized carbons (Fsp3) is 0.462. The number of rotatable bonds is 17. The first kappa shape index (κ1) is 51.9. The molecular weight excluding hydrogens is 810 g/mol. The van der Waals surface area contributed by atoms with Gasteiger partial charge in [-0.1, -0.05) is 0 Å². The van der Waals surface area contributed by atoms with Crippen molar-refractivity contribution in [1.29, 1.82) is 0 Å². The molecular formula is C39H53N5O17. The topological polar surface area (TPSA) is 288 Å². The van der Waals surface area contributed by atoms with Gasteiger partial charge in [-0.15, -0.1) is 0 Å². The van der Waals surface area contributed by atoms with Gasteiger partial charge < -0.3 is 64.5 Å². The molecule has 2 unspecified atom stereocenters. The van der Waals surface area contributed by atoms with E-state index in [9.17, 15) is 43.2 Å². The second-order valence-electron chi connectivity index (χ2n) is 12.8. The number of benzene rings is 2. The van der Waals surface area contributed by atoms with E-state index < -0.39 is 72.8 Å². The largest absolute Gasteiger partial charge is 0.461 e. The van der Waals surface area contributed by atoms with Crippen LogP contribution in [0.5, 0.6) is 11.5 Å². The highest BCUT2D eigenvalue weighted by Crippen LogP contribution is 2.27. The Balaban J connectivity index is 0.000000618. The van der Waals surface area contributed by atoms with Crippen LogP contribution >= 0.6 is 0 Å². The molecule has 0 spiro atoms. The van der Waals surface area contributed by atoms with Crippen LogP contribution in [0.15, 0.2) is 24.3 Å². The first-order chi connectivity index (χ1) is 28.7. The Bertz CT molecular complexity index is 1860. The number of hydrogen-bond acceptors (Lipinski definition) is 17. The third-order valence-electron chi connectivity index (χ3n) is 7.79. The van der Waals surface area contributed by atoms with Crippen LogP contribution in [0.3, 0.4) is 0 Å². The number of amides is 5. The van der Waals surface area contributed by atoms with Gasteiger partial charge in [-0.05, 0) is 85.3 Å². The molecule has 2 atom stereocenters. The molecule has 0 aromatic heterocycles. The van der Waals surface area contributed by atoms with Crippen molar-refractivity contribution in [3.8, 4) is 11.5 Å². The number of nitrogens with one attached hydrogen (secondary N) is 5. The van der Waals surface area contributed by atoms with Crippen LogP contribution in [-0.2, 0) is 65.6 Å². The SMILES string of the molecule is COC(=O)NCC(CC(=O)NCC(=O)Oc1c(C)cc(COC(C)=O)cc1C)NC(=O)OC.COC(=O)NCC(NC(=O)OC)C(=O)Oc1c(C)cc(COC(C)=O)cc1C. The number of carbonyl (C=O) groups is 9. The summed E-state index contributed by atoms with van der Waals surface area (Å²) in [6, 6.07) is 4.89. The third kappa shape index (κ3) is 20.4. The van der Waals surface area contributed by atoms with Crippen molar-refractivity contribution in [2.75, 3.05) is 48.1 Å². The minimum absolute atomic E-state index is 0.0980. The highest BCUT2D eigenvalue weighted by Gasteiger charge is 2.26. The third-order valence-corrected chi connectivity index (χ3v) is 7.79. The first-order valence-electron chi connectivity index (χ1n) is 18.2. The molecule has 0 aliphatic rings. The molecule has 0 saturated carbocycles. The van der Waals surface area contributed by atoms with Gasteiger partial charge in [0.15, 0.2) is 0 Å². The van der Waals surface area contributed by atoms with Gasteiger partial charge in [0.1, 0.15) is 37.3 Å². The molecule has 0 aliphatic carbocycles. The molecule has 0 saturated heterocycles. The monoisotopic (exact) mass is 863 g/mol. The molecule has 336 valence electrons. The Morgan fingerprint density at radius 3 is 1.38 bits per heavy atom. The zero-order valence-corrected chi connectivity index (χ0v) is 35.6. The van der Waals surface area contributed by atoms with Crippen LogP contribution in [0.4, 0.5) is 19.2 Å². The summed E-state index contributed by atoms with van der Waals surface area (Å²) in [4.78, 5) is 104. The first-order valence-corrected chi connectivity index (χ1v) is 18.2. The maximum atomic E-state index is 12.5. The summed E-state index contributed by atoms with van der Waals surface area (Å²) in [5.41, 5.74) is 4.07. The normalized spacial score (nSPS) is 11.0. The zero-order chi connectivity index (χ0) is 46.2. The Kier molecular flexibility index (Phi) is 22.8. The second kappa shape index (κ2) is 26.8. The van der Waals surface area contributed by atoms with Crippen LogP contribution in [-0.4, -0.2) is 114 Å². The molecule has 0 aliphatic heterocycles. The summed E-state index contributed by atoms with van der Waals surface area (Å²) in [6.07, 6.45) is -3.40. The van der Waals surface area contributed by atoms with Crippen LogP contribution in [0.25, 0.3) is 0 Å².